The summed E-state index contributed by atoms with van der Waals surface area (Å²) in [5.74, 6) is 0.472. The maximum Gasteiger partial charge on any atom is 0.325 e. The van der Waals surface area contributed by atoms with Gasteiger partial charge in [-0.25, -0.2) is 9.78 Å². The Morgan fingerprint density at radius 2 is 1.62 bits per heavy atom. The number of carbonyl (C=O) groups excluding carboxylic acids is 2. The third-order valence-electron chi connectivity index (χ3n) is 4.19. The number of amides is 3. The number of benzene rings is 2. The lowest BCUT2D eigenvalue weighted by Crippen LogP contribution is -2.19. The van der Waals surface area contributed by atoms with Gasteiger partial charge in [0.1, 0.15) is 10.6 Å². The lowest BCUT2D eigenvalue weighted by atomic mass is 10.2. The van der Waals surface area contributed by atoms with Crippen LogP contribution in [-0.4, -0.2) is 24.0 Å². The van der Waals surface area contributed by atoms with Crippen LogP contribution in [0.1, 0.15) is 26.5 Å². The lowest BCUT2D eigenvalue weighted by Gasteiger charge is -2.08. The van der Waals surface area contributed by atoms with Gasteiger partial charge in [0, 0.05) is 11.4 Å². The summed E-state index contributed by atoms with van der Waals surface area (Å²) in [5.41, 5.74) is 3.90. The molecular weight excluding hydrogens is 388 g/mol. The van der Waals surface area contributed by atoms with E-state index in [-0.39, 0.29) is 5.91 Å². The van der Waals surface area contributed by atoms with E-state index in [0.29, 0.717) is 27.1 Å². The molecule has 0 aliphatic carbocycles. The average Bonchev–Trinajstić information content (AvgIpc) is 3.04. The van der Waals surface area contributed by atoms with Crippen LogP contribution in [0, 0.1) is 20.8 Å². The van der Waals surface area contributed by atoms with Crippen molar-refractivity contribution in [2.45, 2.75) is 20.8 Å². The zero-order chi connectivity index (χ0) is 21.0. The first kappa shape index (κ1) is 20.3. The second-order valence-corrected chi connectivity index (χ2v) is 7.52. The molecule has 3 aromatic rings. The van der Waals surface area contributed by atoms with Crippen molar-refractivity contribution in [2.24, 2.45) is 0 Å². The Morgan fingerprint density at radius 1 is 0.931 bits per heavy atom. The van der Waals surface area contributed by atoms with Crippen LogP contribution < -0.4 is 20.7 Å². The Labute approximate surface area is 173 Å². The SMILES string of the molecule is COc1ccc(NC(=O)c2sc(NC(=O)Nc3ccc(C)cc3)nc2C)cc1C. The molecule has 0 saturated carbocycles. The number of hydrogen-bond donors (Lipinski definition) is 3. The van der Waals surface area contributed by atoms with Crippen LogP contribution in [0.15, 0.2) is 42.5 Å². The molecule has 0 spiro atoms. The van der Waals surface area contributed by atoms with Crippen molar-refractivity contribution in [3.05, 3.63) is 64.2 Å². The number of carbonyl (C=O) groups is 2. The number of methoxy groups -OCH3 is 1. The Hall–Kier alpha value is -3.39. The van der Waals surface area contributed by atoms with E-state index in [1.807, 2.05) is 44.2 Å². The van der Waals surface area contributed by atoms with Crippen LogP contribution in [0.2, 0.25) is 0 Å². The molecule has 3 rings (SSSR count). The molecule has 8 heteroatoms. The first-order valence-electron chi connectivity index (χ1n) is 8.94. The number of ether oxygens (including phenoxy) is 1. The Morgan fingerprint density at radius 3 is 2.28 bits per heavy atom. The Bertz CT molecular complexity index is 1040. The number of aryl methyl sites for hydroxylation is 3. The Balaban J connectivity index is 1.65. The maximum atomic E-state index is 12.6. The van der Waals surface area contributed by atoms with Gasteiger partial charge in [0.05, 0.1) is 12.8 Å². The average molecular weight is 410 g/mol. The summed E-state index contributed by atoms with van der Waals surface area (Å²) in [7, 11) is 1.60. The molecule has 0 bridgehead atoms. The van der Waals surface area contributed by atoms with E-state index in [1.165, 1.54) is 0 Å². The van der Waals surface area contributed by atoms with Crippen molar-refractivity contribution in [1.82, 2.24) is 4.98 Å². The van der Waals surface area contributed by atoms with Gasteiger partial charge in [-0.15, -0.1) is 0 Å². The van der Waals surface area contributed by atoms with Gasteiger partial charge in [-0.1, -0.05) is 29.0 Å². The quantitative estimate of drug-likeness (QED) is 0.553. The maximum absolute atomic E-state index is 12.6. The standard InChI is InChI=1S/C21H22N4O3S/c1-12-5-7-15(8-6-12)24-20(27)25-21-22-14(3)18(29-21)19(26)23-16-9-10-17(28-4)13(2)11-16/h5-11H,1-4H3,(H,23,26)(H2,22,24,25,27). The van der Waals surface area contributed by atoms with Crippen LogP contribution in [0.5, 0.6) is 5.75 Å². The third kappa shape index (κ3) is 5.11. The summed E-state index contributed by atoms with van der Waals surface area (Å²) in [6.45, 7) is 5.61. The summed E-state index contributed by atoms with van der Waals surface area (Å²) >= 11 is 1.12. The normalized spacial score (nSPS) is 10.3. The second-order valence-electron chi connectivity index (χ2n) is 6.52. The Kier molecular flexibility index (Phi) is 6.13. The first-order valence-corrected chi connectivity index (χ1v) is 9.75. The topological polar surface area (TPSA) is 92.4 Å². The molecule has 29 heavy (non-hydrogen) atoms. The summed E-state index contributed by atoms with van der Waals surface area (Å²) < 4.78 is 5.23. The minimum Gasteiger partial charge on any atom is -0.496 e. The number of rotatable bonds is 5. The van der Waals surface area contributed by atoms with E-state index in [2.05, 4.69) is 20.9 Å². The second kappa shape index (κ2) is 8.74. The van der Waals surface area contributed by atoms with Crippen LogP contribution in [0.25, 0.3) is 0 Å². The molecule has 0 aliphatic rings. The molecule has 0 unspecified atom stereocenters. The van der Waals surface area contributed by atoms with Crippen LogP contribution in [-0.2, 0) is 0 Å². The van der Waals surface area contributed by atoms with Crippen molar-refractivity contribution in [3.8, 4) is 5.75 Å². The van der Waals surface area contributed by atoms with Crippen LogP contribution in [0.3, 0.4) is 0 Å². The van der Waals surface area contributed by atoms with E-state index in [0.717, 1.165) is 28.2 Å². The highest BCUT2D eigenvalue weighted by Gasteiger charge is 2.17. The van der Waals surface area contributed by atoms with Gasteiger partial charge in [0.15, 0.2) is 5.13 Å². The van der Waals surface area contributed by atoms with Crippen molar-refractivity contribution >= 4 is 39.8 Å². The molecule has 0 atom stereocenters. The van der Waals surface area contributed by atoms with Crippen LogP contribution in [0.4, 0.5) is 21.3 Å². The van der Waals surface area contributed by atoms with Gasteiger partial charge >= 0.3 is 6.03 Å². The summed E-state index contributed by atoms with van der Waals surface area (Å²) in [4.78, 5) is 29.5. The molecule has 0 aliphatic heterocycles. The predicted molar refractivity (Wildman–Crippen MR) is 116 cm³/mol. The van der Waals surface area contributed by atoms with Gasteiger partial charge in [0.2, 0.25) is 0 Å². The van der Waals surface area contributed by atoms with E-state index in [1.54, 1.807) is 26.2 Å². The molecule has 7 nitrogen and oxygen atoms in total. The molecule has 1 heterocycles. The summed E-state index contributed by atoms with van der Waals surface area (Å²) in [6.07, 6.45) is 0. The minimum atomic E-state index is -0.416. The molecular formula is C21H22N4O3S. The zero-order valence-electron chi connectivity index (χ0n) is 16.6. The van der Waals surface area contributed by atoms with E-state index < -0.39 is 6.03 Å². The number of nitrogens with one attached hydrogen (secondary N) is 3. The fraction of sp³-hybridized carbons (Fsp3) is 0.190. The van der Waals surface area contributed by atoms with E-state index in [9.17, 15) is 9.59 Å². The van der Waals surface area contributed by atoms with Gasteiger partial charge in [-0.05, 0) is 56.7 Å². The zero-order valence-corrected chi connectivity index (χ0v) is 17.4. The van der Waals surface area contributed by atoms with Crippen molar-refractivity contribution < 1.29 is 14.3 Å². The molecule has 0 saturated heterocycles. The van der Waals surface area contributed by atoms with E-state index in [4.69, 9.17) is 4.74 Å². The third-order valence-corrected chi connectivity index (χ3v) is 5.26. The van der Waals surface area contributed by atoms with Crippen molar-refractivity contribution in [2.75, 3.05) is 23.1 Å². The van der Waals surface area contributed by atoms with Gasteiger partial charge in [-0.3, -0.25) is 10.1 Å². The highest BCUT2D eigenvalue weighted by Crippen LogP contribution is 2.26. The van der Waals surface area contributed by atoms with Gasteiger partial charge in [0.25, 0.3) is 5.91 Å². The molecule has 0 radical (unpaired) electrons. The fourth-order valence-corrected chi connectivity index (χ4v) is 3.56. The number of nitrogens with zero attached hydrogens (tertiary/aromatic N) is 1. The lowest BCUT2D eigenvalue weighted by molar-refractivity contribution is 0.102. The number of hydrogen-bond acceptors (Lipinski definition) is 5. The molecule has 1 aromatic heterocycles. The summed E-state index contributed by atoms with van der Waals surface area (Å²) in [6, 6.07) is 12.4. The fourth-order valence-electron chi connectivity index (χ4n) is 2.70. The highest BCUT2D eigenvalue weighted by atomic mass is 32.1. The van der Waals surface area contributed by atoms with Crippen LogP contribution >= 0.6 is 11.3 Å². The van der Waals surface area contributed by atoms with Gasteiger partial charge in [-0.2, -0.15) is 0 Å². The largest absolute Gasteiger partial charge is 0.496 e. The molecule has 0 fully saturated rings. The number of aromatic nitrogens is 1. The number of urea groups is 1. The monoisotopic (exact) mass is 410 g/mol. The molecule has 3 N–H and O–H groups in total. The summed E-state index contributed by atoms with van der Waals surface area (Å²) in [5, 5.41) is 8.61. The highest BCUT2D eigenvalue weighted by molar-refractivity contribution is 7.17. The number of thiazole rings is 1. The predicted octanol–water partition coefficient (Wildman–Crippen LogP) is 4.97. The van der Waals surface area contributed by atoms with E-state index >= 15 is 0 Å². The molecule has 3 amide bonds. The van der Waals surface area contributed by atoms with Gasteiger partial charge < -0.3 is 15.4 Å². The minimum absolute atomic E-state index is 0.281. The van der Waals surface area contributed by atoms with Crippen molar-refractivity contribution in [1.29, 1.82) is 0 Å². The number of anilines is 3. The molecule has 150 valence electrons. The first-order chi connectivity index (χ1) is 13.9. The smallest absolute Gasteiger partial charge is 0.325 e. The van der Waals surface area contributed by atoms with Crippen molar-refractivity contribution in [3.63, 3.8) is 0 Å². The molecule has 2 aromatic carbocycles.